The molecule has 5 nitrogen and oxygen atoms in total. The van der Waals surface area contributed by atoms with Gasteiger partial charge in [-0.2, -0.15) is 0 Å². The van der Waals surface area contributed by atoms with Crippen molar-refractivity contribution in [1.29, 1.82) is 0 Å². The highest BCUT2D eigenvalue weighted by atomic mass is 16.6. The summed E-state index contributed by atoms with van der Waals surface area (Å²) < 4.78 is 5.03. The molecule has 0 saturated heterocycles. The Morgan fingerprint density at radius 3 is 2.75 bits per heavy atom. The van der Waals surface area contributed by atoms with Crippen LogP contribution in [0.2, 0.25) is 0 Å². The molecule has 0 saturated carbocycles. The van der Waals surface area contributed by atoms with Crippen LogP contribution in [0.1, 0.15) is 12.5 Å². The Labute approximate surface area is 93.1 Å². The van der Waals surface area contributed by atoms with Crippen LogP contribution >= 0.6 is 0 Å². The standard InChI is InChI=1S/C11H13NO4/c1-8(13)3-4-9-5-6-10(12(14)15)7-11(9)16-2/h3-8,13H,1-2H3/b4-3+. The third-order valence-corrected chi connectivity index (χ3v) is 1.98. The molecule has 1 aromatic rings. The van der Waals surface area contributed by atoms with E-state index in [-0.39, 0.29) is 5.69 Å². The second-order valence-electron chi connectivity index (χ2n) is 3.28. The van der Waals surface area contributed by atoms with Gasteiger partial charge in [0.15, 0.2) is 0 Å². The summed E-state index contributed by atoms with van der Waals surface area (Å²) in [5.41, 5.74) is 0.667. The van der Waals surface area contributed by atoms with Crippen molar-refractivity contribution in [3.05, 3.63) is 40.0 Å². The first kappa shape index (κ1) is 12.2. The maximum Gasteiger partial charge on any atom is 0.273 e. The Morgan fingerprint density at radius 2 is 2.25 bits per heavy atom. The predicted molar refractivity (Wildman–Crippen MR) is 60.4 cm³/mol. The number of hydrogen-bond donors (Lipinski definition) is 1. The number of nitro groups is 1. The summed E-state index contributed by atoms with van der Waals surface area (Å²) in [5, 5.41) is 19.6. The van der Waals surface area contributed by atoms with Crippen molar-refractivity contribution in [2.75, 3.05) is 7.11 Å². The first-order chi connectivity index (χ1) is 7.54. The zero-order valence-electron chi connectivity index (χ0n) is 9.08. The Bertz CT molecular complexity index is 412. The van der Waals surface area contributed by atoms with Gasteiger partial charge in [-0.05, 0) is 13.0 Å². The maximum atomic E-state index is 10.5. The van der Waals surface area contributed by atoms with E-state index in [1.54, 1.807) is 25.1 Å². The van der Waals surface area contributed by atoms with Gasteiger partial charge in [0.25, 0.3) is 5.69 Å². The maximum absolute atomic E-state index is 10.5. The summed E-state index contributed by atoms with van der Waals surface area (Å²) in [5.74, 6) is 0.408. The van der Waals surface area contributed by atoms with Crippen LogP contribution in [-0.2, 0) is 0 Å². The molecule has 0 radical (unpaired) electrons. The fourth-order valence-corrected chi connectivity index (χ4v) is 1.19. The van der Waals surface area contributed by atoms with Crippen molar-refractivity contribution < 1.29 is 14.8 Å². The molecule has 1 atom stereocenters. The molecule has 1 aromatic carbocycles. The van der Waals surface area contributed by atoms with Gasteiger partial charge in [-0.15, -0.1) is 0 Å². The zero-order chi connectivity index (χ0) is 12.1. The third-order valence-electron chi connectivity index (χ3n) is 1.98. The van der Waals surface area contributed by atoms with E-state index in [1.807, 2.05) is 0 Å². The highest BCUT2D eigenvalue weighted by Crippen LogP contribution is 2.25. The molecular formula is C11H13NO4. The second kappa shape index (κ2) is 5.27. The summed E-state index contributed by atoms with van der Waals surface area (Å²) >= 11 is 0. The van der Waals surface area contributed by atoms with Crippen LogP contribution in [0.3, 0.4) is 0 Å². The molecule has 86 valence electrons. The van der Waals surface area contributed by atoms with E-state index in [0.29, 0.717) is 11.3 Å². The van der Waals surface area contributed by atoms with Gasteiger partial charge >= 0.3 is 0 Å². The highest BCUT2D eigenvalue weighted by molar-refractivity contribution is 5.60. The Kier molecular flexibility index (Phi) is 4.02. The molecule has 0 bridgehead atoms. The van der Waals surface area contributed by atoms with Crippen LogP contribution in [0.5, 0.6) is 5.75 Å². The molecule has 0 aromatic heterocycles. The van der Waals surface area contributed by atoms with Crippen molar-refractivity contribution in [2.24, 2.45) is 0 Å². The Hall–Kier alpha value is -1.88. The summed E-state index contributed by atoms with van der Waals surface area (Å²) in [4.78, 5) is 10.1. The Morgan fingerprint density at radius 1 is 1.56 bits per heavy atom. The van der Waals surface area contributed by atoms with Gasteiger partial charge < -0.3 is 9.84 Å². The minimum atomic E-state index is -0.570. The summed E-state index contributed by atoms with van der Waals surface area (Å²) in [7, 11) is 1.44. The normalized spacial score (nSPS) is 12.7. The minimum absolute atomic E-state index is 0.0222. The van der Waals surface area contributed by atoms with E-state index in [2.05, 4.69) is 0 Å². The van der Waals surface area contributed by atoms with Crippen LogP contribution in [0.15, 0.2) is 24.3 Å². The lowest BCUT2D eigenvalue weighted by atomic mass is 10.1. The highest BCUT2D eigenvalue weighted by Gasteiger charge is 2.09. The monoisotopic (exact) mass is 223 g/mol. The molecule has 0 fully saturated rings. The fourth-order valence-electron chi connectivity index (χ4n) is 1.19. The molecule has 1 N–H and O–H groups in total. The minimum Gasteiger partial charge on any atom is -0.496 e. The smallest absolute Gasteiger partial charge is 0.273 e. The molecule has 0 spiro atoms. The van der Waals surface area contributed by atoms with Crippen molar-refractivity contribution in [1.82, 2.24) is 0 Å². The van der Waals surface area contributed by atoms with Gasteiger partial charge in [-0.3, -0.25) is 10.1 Å². The number of rotatable bonds is 4. The van der Waals surface area contributed by atoms with Crippen LogP contribution in [0, 0.1) is 10.1 Å². The number of aliphatic hydroxyl groups excluding tert-OH is 1. The van der Waals surface area contributed by atoms with E-state index in [4.69, 9.17) is 9.84 Å². The average molecular weight is 223 g/mol. The van der Waals surface area contributed by atoms with E-state index in [9.17, 15) is 10.1 Å². The van der Waals surface area contributed by atoms with Crippen molar-refractivity contribution in [2.45, 2.75) is 13.0 Å². The lowest BCUT2D eigenvalue weighted by Gasteiger charge is -2.04. The van der Waals surface area contributed by atoms with E-state index in [1.165, 1.54) is 19.2 Å². The van der Waals surface area contributed by atoms with Crippen LogP contribution < -0.4 is 4.74 Å². The number of nitrogens with zero attached hydrogens (tertiary/aromatic N) is 1. The summed E-state index contributed by atoms with van der Waals surface area (Å²) in [6, 6.07) is 4.32. The lowest BCUT2D eigenvalue weighted by Crippen LogP contribution is -1.94. The largest absolute Gasteiger partial charge is 0.496 e. The summed E-state index contributed by atoms with van der Waals surface area (Å²) in [6.07, 6.45) is 2.66. The molecule has 1 unspecified atom stereocenters. The van der Waals surface area contributed by atoms with Gasteiger partial charge in [0, 0.05) is 11.6 Å². The predicted octanol–water partition coefficient (Wildman–Crippen LogP) is 2.00. The number of nitro benzene ring substituents is 1. The molecule has 5 heteroatoms. The first-order valence-electron chi connectivity index (χ1n) is 4.73. The molecule has 0 heterocycles. The van der Waals surface area contributed by atoms with Gasteiger partial charge in [0.2, 0.25) is 0 Å². The molecule has 1 rings (SSSR count). The summed E-state index contributed by atoms with van der Waals surface area (Å²) in [6.45, 7) is 1.62. The molecule has 0 aliphatic heterocycles. The van der Waals surface area contributed by atoms with Gasteiger partial charge in [-0.1, -0.05) is 12.2 Å². The zero-order valence-corrected chi connectivity index (χ0v) is 9.08. The van der Waals surface area contributed by atoms with Gasteiger partial charge in [-0.25, -0.2) is 0 Å². The van der Waals surface area contributed by atoms with Gasteiger partial charge in [0.05, 0.1) is 24.2 Å². The van der Waals surface area contributed by atoms with Gasteiger partial charge in [0.1, 0.15) is 5.75 Å². The quantitative estimate of drug-likeness (QED) is 0.625. The van der Waals surface area contributed by atoms with E-state index in [0.717, 1.165) is 0 Å². The molecule has 0 amide bonds. The molecule has 16 heavy (non-hydrogen) atoms. The van der Waals surface area contributed by atoms with Crippen molar-refractivity contribution >= 4 is 11.8 Å². The number of hydrogen-bond acceptors (Lipinski definition) is 4. The van der Waals surface area contributed by atoms with Crippen LogP contribution in [0.25, 0.3) is 6.08 Å². The van der Waals surface area contributed by atoms with E-state index < -0.39 is 11.0 Å². The number of benzene rings is 1. The molecular weight excluding hydrogens is 210 g/mol. The lowest BCUT2D eigenvalue weighted by molar-refractivity contribution is -0.384. The fraction of sp³-hybridized carbons (Fsp3) is 0.273. The number of aliphatic hydroxyl groups is 1. The molecule has 0 aliphatic rings. The number of ether oxygens (including phenoxy) is 1. The first-order valence-corrected chi connectivity index (χ1v) is 4.73. The van der Waals surface area contributed by atoms with Crippen LogP contribution in [0.4, 0.5) is 5.69 Å². The Balaban J connectivity index is 3.07. The topological polar surface area (TPSA) is 72.6 Å². The molecule has 0 aliphatic carbocycles. The second-order valence-corrected chi connectivity index (χ2v) is 3.28. The van der Waals surface area contributed by atoms with Crippen molar-refractivity contribution in [3.63, 3.8) is 0 Å². The average Bonchev–Trinajstić information content (AvgIpc) is 2.25. The number of methoxy groups -OCH3 is 1. The number of non-ortho nitro benzene ring substituents is 1. The van der Waals surface area contributed by atoms with Crippen molar-refractivity contribution in [3.8, 4) is 5.75 Å². The van der Waals surface area contributed by atoms with E-state index >= 15 is 0 Å². The SMILES string of the molecule is COc1cc([N+](=O)[O-])ccc1/C=C/C(C)O. The van der Waals surface area contributed by atoms with Crippen LogP contribution in [-0.4, -0.2) is 23.2 Å². The third kappa shape index (κ3) is 3.06.